The lowest BCUT2D eigenvalue weighted by Gasteiger charge is -2.08. The second-order valence-corrected chi connectivity index (χ2v) is 5.03. The highest BCUT2D eigenvalue weighted by atomic mass is 16.5. The Bertz CT molecular complexity index is 1010. The van der Waals surface area contributed by atoms with E-state index in [2.05, 4.69) is 25.3 Å². The van der Waals surface area contributed by atoms with E-state index in [-0.39, 0.29) is 5.88 Å². The van der Waals surface area contributed by atoms with E-state index in [1.54, 1.807) is 19.2 Å². The maximum atomic E-state index is 9.51. The van der Waals surface area contributed by atoms with E-state index in [0.29, 0.717) is 17.3 Å². The summed E-state index contributed by atoms with van der Waals surface area (Å²) in [4.78, 5) is 15.6. The van der Waals surface area contributed by atoms with Gasteiger partial charge in [0.1, 0.15) is 12.1 Å². The van der Waals surface area contributed by atoms with Crippen molar-refractivity contribution in [2.45, 2.75) is 0 Å². The number of ether oxygens (including phenoxy) is 1. The van der Waals surface area contributed by atoms with Crippen molar-refractivity contribution in [1.82, 2.24) is 19.9 Å². The van der Waals surface area contributed by atoms with E-state index in [1.807, 2.05) is 24.3 Å². The summed E-state index contributed by atoms with van der Waals surface area (Å²) in [6.45, 7) is 0. The molecule has 3 aromatic heterocycles. The molecule has 0 amide bonds. The van der Waals surface area contributed by atoms with Gasteiger partial charge in [0.15, 0.2) is 11.5 Å². The summed E-state index contributed by atoms with van der Waals surface area (Å²) in [5, 5.41) is 14.5. The molecule has 4 aromatic rings. The lowest BCUT2D eigenvalue weighted by Crippen LogP contribution is -1.98. The van der Waals surface area contributed by atoms with Gasteiger partial charge in [0.2, 0.25) is 5.88 Å². The van der Waals surface area contributed by atoms with Crippen LogP contribution in [0.25, 0.3) is 21.9 Å². The molecule has 7 heteroatoms. The quantitative estimate of drug-likeness (QED) is 0.538. The Balaban J connectivity index is 1.75. The van der Waals surface area contributed by atoms with Crippen LogP contribution >= 0.6 is 0 Å². The van der Waals surface area contributed by atoms with Crippen LogP contribution < -0.4 is 10.1 Å². The molecular weight excluding hydrogens is 294 g/mol. The third-order valence-corrected chi connectivity index (χ3v) is 3.55. The van der Waals surface area contributed by atoms with Crippen molar-refractivity contribution in [2.75, 3.05) is 12.4 Å². The second-order valence-electron chi connectivity index (χ2n) is 5.03. The minimum atomic E-state index is 0.140. The van der Waals surface area contributed by atoms with Gasteiger partial charge in [-0.1, -0.05) is 0 Å². The number of nitrogens with one attached hydrogen (secondary N) is 2. The number of hydrogen-bond donors (Lipinski definition) is 3. The Morgan fingerprint density at radius 2 is 2.04 bits per heavy atom. The fraction of sp³-hybridized carbons (Fsp3) is 0.0625. The first-order chi connectivity index (χ1) is 11.2. The summed E-state index contributed by atoms with van der Waals surface area (Å²) < 4.78 is 5.11. The van der Waals surface area contributed by atoms with Crippen molar-refractivity contribution < 1.29 is 9.84 Å². The SMILES string of the molecule is COc1ccc2c(Nc3ccc4[nH]c(O)cc4c3)ncnc2n1. The molecule has 114 valence electrons. The summed E-state index contributed by atoms with van der Waals surface area (Å²) in [7, 11) is 1.57. The zero-order valence-corrected chi connectivity index (χ0v) is 12.2. The molecule has 3 heterocycles. The number of aromatic amines is 1. The van der Waals surface area contributed by atoms with Gasteiger partial charge in [-0.25, -0.2) is 9.97 Å². The molecule has 3 N–H and O–H groups in total. The number of H-pyrrole nitrogens is 1. The van der Waals surface area contributed by atoms with Gasteiger partial charge in [-0.15, -0.1) is 0 Å². The topological polar surface area (TPSA) is 96.0 Å². The number of benzene rings is 1. The fourth-order valence-electron chi connectivity index (χ4n) is 2.47. The number of aromatic hydroxyl groups is 1. The number of rotatable bonds is 3. The predicted molar refractivity (Wildman–Crippen MR) is 87.1 cm³/mol. The van der Waals surface area contributed by atoms with Gasteiger partial charge in [-0.05, 0) is 24.3 Å². The van der Waals surface area contributed by atoms with Gasteiger partial charge in [-0.3, -0.25) is 0 Å². The van der Waals surface area contributed by atoms with Crippen LogP contribution in [0.15, 0.2) is 42.7 Å². The second kappa shape index (κ2) is 5.13. The Hall–Kier alpha value is -3.35. The van der Waals surface area contributed by atoms with Gasteiger partial charge in [0, 0.05) is 28.7 Å². The number of anilines is 2. The van der Waals surface area contributed by atoms with Crippen molar-refractivity contribution in [3.05, 3.63) is 42.7 Å². The maximum Gasteiger partial charge on any atom is 0.215 e. The fourth-order valence-corrected chi connectivity index (χ4v) is 2.47. The van der Waals surface area contributed by atoms with E-state index in [4.69, 9.17) is 4.74 Å². The molecule has 0 spiro atoms. The first kappa shape index (κ1) is 13.3. The number of nitrogens with zero attached hydrogens (tertiary/aromatic N) is 3. The van der Waals surface area contributed by atoms with Crippen LogP contribution in [0.4, 0.5) is 11.5 Å². The molecule has 0 aliphatic rings. The highest BCUT2D eigenvalue weighted by Gasteiger charge is 2.07. The lowest BCUT2D eigenvalue weighted by molar-refractivity contribution is 0.399. The van der Waals surface area contributed by atoms with E-state index in [1.165, 1.54) is 6.33 Å². The van der Waals surface area contributed by atoms with E-state index in [9.17, 15) is 5.11 Å². The lowest BCUT2D eigenvalue weighted by atomic mass is 10.2. The summed E-state index contributed by atoms with van der Waals surface area (Å²) in [5.41, 5.74) is 2.28. The number of pyridine rings is 1. The molecule has 0 saturated carbocycles. The molecule has 0 unspecified atom stereocenters. The Kier molecular flexibility index (Phi) is 2.97. The Morgan fingerprint density at radius 1 is 1.13 bits per heavy atom. The standard InChI is InChI=1S/C16H13N5O2/c1-23-14-5-3-11-15(17-8-18-16(11)21-14)19-10-2-4-12-9(6-10)7-13(22)20-12/h2-8,20,22H,1H3,(H,17,18,19,21). The summed E-state index contributed by atoms with van der Waals surface area (Å²) in [6, 6.07) is 11.0. The molecule has 0 radical (unpaired) electrons. The molecule has 4 rings (SSSR count). The number of fused-ring (bicyclic) bond motifs is 2. The summed E-state index contributed by atoms with van der Waals surface area (Å²) in [6.07, 6.45) is 1.46. The molecule has 0 saturated heterocycles. The largest absolute Gasteiger partial charge is 0.495 e. The number of methoxy groups -OCH3 is 1. The van der Waals surface area contributed by atoms with Crippen LogP contribution in [-0.4, -0.2) is 32.2 Å². The first-order valence-electron chi connectivity index (χ1n) is 6.97. The van der Waals surface area contributed by atoms with Crippen molar-refractivity contribution in [3.63, 3.8) is 0 Å². The van der Waals surface area contributed by atoms with Crippen LogP contribution in [0.5, 0.6) is 11.8 Å². The van der Waals surface area contributed by atoms with Gasteiger partial charge >= 0.3 is 0 Å². The summed E-state index contributed by atoms with van der Waals surface area (Å²) >= 11 is 0. The van der Waals surface area contributed by atoms with E-state index < -0.39 is 0 Å². The third-order valence-electron chi connectivity index (χ3n) is 3.55. The molecule has 0 aliphatic carbocycles. The average Bonchev–Trinajstić information content (AvgIpc) is 2.94. The smallest absolute Gasteiger partial charge is 0.215 e. The van der Waals surface area contributed by atoms with Gasteiger partial charge in [0.25, 0.3) is 0 Å². The van der Waals surface area contributed by atoms with Crippen LogP contribution in [0.3, 0.4) is 0 Å². The van der Waals surface area contributed by atoms with Crippen LogP contribution in [0, 0.1) is 0 Å². The minimum absolute atomic E-state index is 0.140. The van der Waals surface area contributed by atoms with E-state index >= 15 is 0 Å². The number of hydrogen-bond acceptors (Lipinski definition) is 6. The van der Waals surface area contributed by atoms with Crippen LogP contribution in [0.1, 0.15) is 0 Å². The van der Waals surface area contributed by atoms with Crippen molar-refractivity contribution in [1.29, 1.82) is 0 Å². The molecule has 0 fully saturated rings. The molecular formula is C16H13N5O2. The van der Waals surface area contributed by atoms with Gasteiger partial charge < -0.3 is 20.1 Å². The van der Waals surface area contributed by atoms with Crippen LogP contribution in [-0.2, 0) is 0 Å². The highest BCUT2D eigenvalue weighted by Crippen LogP contribution is 2.27. The normalized spacial score (nSPS) is 11.0. The molecule has 7 nitrogen and oxygen atoms in total. The van der Waals surface area contributed by atoms with Crippen molar-refractivity contribution in [3.8, 4) is 11.8 Å². The van der Waals surface area contributed by atoms with Gasteiger partial charge in [-0.2, -0.15) is 4.98 Å². The maximum absolute atomic E-state index is 9.51. The molecule has 1 aromatic carbocycles. The van der Waals surface area contributed by atoms with Crippen molar-refractivity contribution >= 4 is 33.4 Å². The minimum Gasteiger partial charge on any atom is -0.495 e. The molecule has 0 bridgehead atoms. The zero-order valence-electron chi connectivity index (χ0n) is 12.2. The third kappa shape index (κ3) is 2.38. The molecule has 0 aliphatic heterocycles. The highest BCUT2D eigenvalue weighted by molar-refractivity contribution is 5.90. The van der Waals surface area contributed by atoms with Gasteiger partial charge in [0.05, 0.1) is 12.5 Å². The zero-order chi connectivity index (χ0) is 15.8. The summed E-state index contributed by atoms with van der Waals surface area (Å²) in [5.74, 6) is 1.30. The Morgan fingerprint density at radius 3 is 2.91 bits per heavy atom. The average molecular weight is 307 g/mol. The predicted octanol–water partition coefficient (Wildman–Crippen LogP) is 2.96. The van der Waals surface area contributed by atoms with Crippen molar-refractivity contribution in [2.24, 2.45) is 0 Å². The Labute approximate surface area is 131 Å². The van der Waals surface area contributed by atoms with E-state index in [0.717, 1.165) is 22.0 Å². The van der Waals surface area contributed by atoms with Crippen LogP contribution in [0.2, 0.25) is 0 Å². The number of aromatic nitrogens is 4. The molecule has 23 heavy (non-hydrogen) atoms. The molecule has 0 atom stereocenters. The monoisotopic (exact) mass is 307 g/mol. The first-order valence-corrected chi connectivity index (χ1v) is 6.97.